The molecule has 1 unspecified atom stereocenters. The van der Waals surface area contributed by atoms with Gasteiger partial charge >= 0.3 is 5.97 Å². The highest BCUT2D eigenvalue weighted by atomic mass is 32.2. The van der Waals surface area contributed by atoms with Crippen molar-refractivity contribution in [2.24, 2.45) is 5.92 Å². The van der Waals surface area contributed by atoms with Gasteiger partial charge in [-0.05, 0) is 18.6 Å². The third-order valence-corrected chi connectivity index (χ3v) is 4.43. The van der Waals surface area contributed by atoms with Crippen LogP contribution in [0.1, 0.15) is 13.3 Å². The first kappa shape index (κ1) is 17.3. The molecule has 0 aromatic heterocycles. The largest absolute Gasteiger partial charge is 0.497 e. The number of aliphatic carboxylic acids is 1. The van der Waals surface area contributed by atoms with Crippen molar-refractivity contribution >= 4 is 16.0 Å². The van der Waals surface area contributed by atoms with E-state index >= 15 is 0 Å². The van der Waals surface area contributed by atoms with Crippen LogP contribution >= 0.6 is 0 Å². The molecule has 21 heavy (non-hydrogen) atoms. The SMILES string of the molecule is COc1ccc(OC)c(S(=O)(=O)NCCC(C)C(=O)O)c1. The van der Waals surface area contributed by atoms with E-state index in [0.29, 0.717) is 5.75 Å². The molecule has 1 aromatic carbocycles. The Morgan fingerprint density at radius 2 is 2.00 bits per heavy atom. The zero-order chi connectivity index (χ0) is 16.0. The van der Waals surface area contributed by atoms with Crippen molar-refractivity contribution in [2.75, 3.05) is 20.8 Å². The molecule has 0 heterocycles. The fraction of sp³-hybridized carbons (Fsp3) is 0.462. The lowest BCUT2D eigenvalue weighted by Gasteiger charge is -2.12. The van der Waals surface area contributed by atoms with Crippen molar-refractivity contribution in [1.82, 2.24) is 4.72 Å². The number of rotatable bonds is 8. The highest BCUT2D eigenvalue weighted by molar-refractivity contribution is 7.89. The molecule has 0 fully saturated rings. The number of sulfonamides is 1. The predicted octanol–water partition coefficient (Wildman–Crippen LogP) is 1.09. The van der Waals surface area contributed by atoms with Gasteiger partial charge in [0.05, 0.1) is 20.1 Å². The van der Waals surface area contributed by atoms with Crippen molar-refractivity contribution in [3.05, 3.63) is 18.2 Å². The van der Waals surface area contributed by atoms with Crippen LogP contribution in [0.2, 0.25) is 0 Å². The number of carbonyl (C=O) groups is 1. The summed E-state index contributed by atoms with van der Waals surface area (Å²) in [6.07, 6.45) is 0.195. The Morgan fingerprint density at radius 3 is 2.52 bits per heavy atom. The van der Waals surface area contributed by atoms with Crippen LogP contribution in [0.25, 0.3) is 0 Å². The van der Waals surface area contributed by atoms with E-state index in [4.69, 9.17) is 14.6 Å². The van der Waals surface area contributed by atoms with Crippen LogP contribution in [-0.4, -0.2) is 40.3 Å². The Morgan fingerprint density at radius 1 is 1.33 bits per heavy atom. The van der Waals surface area contributed by atoms with Gasteiger partial charge in [-0.2, -0.15) is 0 Å². The predicted molar refractivity (Wildman–Crippen MR) is 76.2 cm³/mol. The number of benzene rings is 1. The molecular formula is C13H19NO6S. The number of ether oxygens (including phenoxy) is 2. The smallest absolute Gasteiger partial charge is 0.306 e. The fourth-order valence-electron chi connectivity index (χ4n) is 1.61. The zero-order valence-corrected chi connectivity index (χ0v) is 12.9. The number of carboxylic acids is 1. The summed E-state index contributed by atoms with van der Waals surface area (Å²) in [4.78, 5) is 10.6. The molecule has 1 atom stereocenters. The van der Waals surface area contributed by atoms with Crippen LogP contribution in [0, 0.1) is 5.92 Å². The molecule has 0 bridgehead atoms. The Balaban J connectivity index is 2.89. The third-order valence-electron chi connectivity index (χ3n) is 2.95. The first-order chi connectivity index (χ1) is 9.81. The van der Waals surface area contributed by atoms with Gasteiger partial charge in [0.2, 0.25) is 10.0 Å². The standard InChI is InChI=1S/C13H19NO6S/c1-9(13(15)16)6-7-14-21(17,18)12-8-10(19-2)4-5-11(12)20-3/h4-5,8-9,14H,6-7H2,1-3H3,(H,15,16). The fourth-order valence-corrected chi connectivity index (χ4v) is 2.83. The van der Waals surface area contributed by atoms with Gasteiger partial charge in [-0.1, -0.05) is 6.92 Å². The molecule has 8 heteroatoms. The van der Waals surface area contributed by atoms with Crippen LogP contribution in [0.15, 0.2) is 23.1 Å². The number of hydrogen-bond acceptors (Lipinski definition) is 5. The molecule has 7 nitrogen and oxygen atoms in total. The van der Waals surface area contributed by atoms with E-state index in [2.05, 4.69) is 4.72 Å². The van der Waals surface area contributed by atoms with Crippen molar-refractivity contribution in [3.8, 4) is 11.5 Å². The Labute approximate surface area is 123 Å². The molecule has 0 amide bonds. The van der Waals surface area contributed by atoms with E-state index in [1.165, 1.54) is 33.3 Å². The maximum atomic E-state index is 12.2. The topological polar surface area (TPSA) is 102 Å². The van der Waals surface area contributed by atoms with E-state index < -0.39 is 21.9 Å². The molecular weight excluding hydrogens is 298 g/mol. The van der Waals surface area contributed by atoms with Gasteiger partial charge in [-0.25, -0.2) is 13.1 Å². The van der Waals surface area contributed by atoms with Gasteiger partial charge in [0.15, 0.2) is 0 Å². The lowest BCUT2D eigenvalue weighted by atomic mass is 10.1. The average Bonchev–Trinajstić information content (AvgIpc) is 2.46. The normalized spacial score (nSPS) is 12.7. The number of carboxylic acid groups (broad SMARTS) is 1. The van der Waals surface area contributed by atoms with E-state index in [1.807, 2.05) is 0 Å². The van der Waals surface area contributed by atoms with E-state index in [1.54, 1.807) is 6.07 Å². The van der Waals surface area contributed by atoms with Crippen molar-refractivity contribution in [2.45, 2.75) is 18.2 Å². The van der Waals surface area contributed by atoms with Crippen molar-refractivity contribution in [1.29, 1.82) is 0 Å². The molecule has 118 valence electrons. The number of hydrogen-bond donors (Lipinski definition) is 2. The zero-order valence-electron chi connectivity index (χ0n) is 12.1. The van der Waals surface area contributed by atoms with Crippen molar-refractivity contribution < 1.29 is 27.8 Å². The minimum Gasteiger partial charge on any atom is -0.497 e. The molecule has 0 aliphatic rings. The average molecular weight is 317 g/mol. The Kier molecular flexibility index (Phi) is 5.98. The second kappa shape index (κ2) is 7.28. The van der Waals surface area contributed by atoms with Gasteiger partial charge in [0.1, 0.15) is 16.4 Å². The molecule has 0 saturated carbocycles. The summed E-state index contributed by atoms with van der Waals surface area (Å²) in [5.41, 5.74) is 0. The van der Waals surface area contributed by atoms with Crippen LogP contribution in [0.5, 0.6) is 11.5 Å². The molecule has 0 aliphatic heterocycles. The minimum atomic E-state index is -3.80. The van der Waals surface area contributed by atoms with E-state index in [0.717, 1.165) is 0 Å². The molecule has 2 N–H and O–H groups in total. The summed E-state index contributed by atoms with van der Waals surface area (Å²) >= 11 is 0. The molecule has 0 radical (unpaired) electrons. The summed E-state index contributed by atoms with van der Waals surface area (Å²) in [7, 11) is -1.01. The van der Waals surface area contributed by atoms with Gasteiger partial charge in [-0.3, -0.25) is 4.79 Å². The first-order valence-corrected chi connectivity index (χ1v) is 7.74. The molecule has 0 aliphatic carbocycles. The second-order valence-corrected chi connectivity index (χ2v) is 6.18. The number of methoxy groups -OCH3 is 2. The minimum absolute atomic E-state index is 0.0240. The quantitative estimate of drug-likeness (QED) is 0.744. The summed E-state index contributed by atoms with van der Waals surface area (Å²) in [6.45, 7) is 1.54. The molecule has 0 saturated heterocycles. The molecule has 1 rings (SSSR count). The monoisotopic (exact) mass is 317 g/mol. The van der Waals surface area contributed by atoms with Gasteiger partial charge in [-0.15, -0.1) is 0 Å². The van der Waals surface area contributed by atoms with Gasteiger partial charge in [0, 0.05) is 12.6 Å². The van der Waals surface area contributed by atoms with Gasteiger partial charge < -0.3 is 14.6 Å². The second-order valence-electron chi connectivity index (χ2n) is 4.44. The maximum Gasteiger partial charge on any atom is 0.306 e. The van der Waals surface area contributed by atoms with Crippen LogP contribution in [0.4, 0.5) is 0 Å². The molecule has 0 spiro atoms. The number of nitrogens with one attached hydrogen (secondary N) is 1. The summed E-state index contributed by atoms with van der Waals surface area (Å²) in [5.74, 6) is -1.02. The summed E-state index contributed by atoms with van der Waals surface area (Å²) in [5, 5.41) is 8.77. The third kappa shape index (κ3) is 4.61. The first-order valence-electron chi connectivity index (χ1n) is 6.26. The van der Waals surface area contributed by atoms with Crippen molar-refractivity contribution in [3.63, 3.8) is 0 Å². The van der Waals surface area contributed by atoms with Crippen LogP contribution < -0.4 is 14.2 Å². The van der Waals surface area contributed by atoms with Crippen LogP contribution in [0.3, 0.4) is 0 Å². The van der Waals surface area contributed by atoms with Crippen LogP contribution in [-0.2, 0) is 14.8 Å². The summed E-state index contributed by atoms with van der Waals surface area (Å²) < 4.78 is 36.9. The Bertz CT molecular complexity index is 599. The Hall–Kier alpha value is -1.80. The highest BCUT2D eigenvalue weighted by Gasteiger charge is 2.21. The molecule has 1 aromatic rings. The van der Waals surface area contributed by atoms with E-state index in [-0.39, 0.29) is 23.6 Å². The highest BCUT2D eigenvalue weighted by Crippen LogP contribution is 2.27. The van der Waals surface area contributed by atoms with E-state index in [9.17, 15) is 13.2 Å². The summed E-state index contributed by atoms with van der Waals surface area (Å²) in [6, 6.07) is 4.43. The van der Waals surface area contributed by atoms with Gasteiger partial charge in [0.25, 0.3) is 0 Å². The lowest BCUT2D eigenvalue weighted by Crippen LogP contribution is -2.27. The lowest BCUT2D eigenvalue weighted by molar-refractivity contribution is -0.141. The maximum absolute atomic E-state index is 12.2.